The van der Waals surface area contributed by atoms with Gasteiger partial charge in [0.1, 0.15) is 0 Å². The zero-order valence-electron chi connectivity index (χ0n) is 7.88. The van der Waals surface area contributed by atoms with Crippen LogP contribution >= 0.6 is 11.6 Å². The Balaban J connectivity index is 3.14. The summed E-state index contributed by atoms with van der Waals surface area (Å²) >= 11 is 5.66. The molecule has 0 radical (unpaired) electrons. The molecule has 2 N–H and O–H groups in total. The van der Waals surface area contributed by atoms with Crippen molar-refractivity contribution in [1.29, 1.82) is 0 Å². The van der Waals surface area contributed by atoms with Gasteiger partial charge < -0.3 is 5.73 Å². The van der Waals surface area contributed by atoms with Crippen LogP contribution in [0, 0.1) is 0 Å². The zero-order valence-corrected chi connectivity index (χ0v) is 8.64. The van der Waals surface area contributed by atoms with Gasteiger partial charge in [-0.1, -0.05) is 11.6 Å². The van der Waals surface area contributed by atoms with E-state index in [0.29, 0.717) is 0 Å². The fourth-order valence-corrected chi connectivity index (χ4v) is 1.20. The maximum absolute atomic E-state index is 12.3. The van der Waals surface area contributed by atoms with Gasteiger partial charge in [-0.25, -0.2) is 0 Å². The van der Waals surface area contributed by atoms with E-state index in [9.17, 15) is 18.0 Å². The molecule has 1 aromatic rings. The van der Waals surface area contributed by atoms with Crippen LogP contribution in [0.25, 0.3) is 6.08 Å². The van der Waals surface area contributed by atoms with Gasteiger partial charge in [0.15, 0.2) is 0 Å². The van der Waals surface area contributed by atoms with Gasteiger partial charge in [0.2, 0.25) is 5.91 Å². The molecular formula is C10H7ClF3NO. The highest BCUT2D eigenvalue weighted by Gasteiger charge is 2.30. The van der Waals surface area contributed by atoms with E-state index in [1.807, 2.05) is 0 Å². The van der Waals surface area contributed by atoms with Crippen LogP contribution in [0.1, 0.15) is 11.1 Å². The summed E-state index contributed by atoms with van der Waals surface area (Å²) < 4.78 is 37.0. The number of hydrogen-bond acceptors (Lipinski definition) is 1. The first-order chi connectivity index (χ1) is 7.30. The van der Waals surface area contributed by atoms with Gasteiger partial charge in [0.25, 0.3) is 0 Å². The highest BCUT2D eigenvalue weighted by Crippen LogP contribution is 2.32. The van der Waals surface area contributed by atoms with Crippen LogP contribution in [0.15, 0.2) is 24.3 Å². The standard InChI is InChI=1S/C10H7ClF3NO/c11-8-3-2-7(10(12,13)14)5-6(8)1-4-9(15)16/h1-5H,(H2,15,16)/b4-1+. The third kappa shape index (κ3) is 3.27. The summed E-state index contributed by atoms with van der Waals surface area (Å²) in [5.74, 6) is -0.756. The predicted molar refractivity (Wildman–Crippen MR) is 54.7 cm³/mol. The second-order valence-electron chi connectivity index (χ2n) is 2.97. The number of carbonyl (C=O) groups is 1. The molecule has 0 unspecified atom stereocenters. The minimum Gasteiger partial charge on any atom is -0.366 e. The van der Waals surface area contributed by atoms with Gasteiger partial charge in [-0.05, 0) is 29.8 Å². The quantitative estimate of drug-likeness (QED) is 0.805. The van der Waals surface area contributed by atoms with Gasteiger partial charge in [0.05, 0.1) is 5.56 Å². The highest BCUT2D eigenvalue weighted by atomic mass is 35.5. The van der Waals surface area contributed by atoms with E-state index in [0.717, 1.165) is 30.4 Å². The van der Waals surface area contributed by atoms with Crippen molar-refractivity contribution in [2.45, 2.75) is 6.18 Å². The van der Waals surface area contributed by atoms with Crippen molar-refractivity contribution in [3.63, 3.8) is 0 Å². The lowest BCUT2D eigenvalue weighted by Gasteiger charge is -2.08. The Morgan fingerprint density at radius 2 is 2.00 bits per heavy atom. The van der Waals surface area contributed by atoms with E-state index in [4.69, 9.17) is 17.3 Å². The van der Waals surface area contributed by atoms with Gasteiger partial charge in [-0.2, -0.15) is 13.2 Å². The Hall–Kier alpha value is -1.49. The van der Waals surface area contributed by atoms with Crippen LogP contribution in [-0.4, -0.2) is 5.91 Å². The molecule has 0 aliphatic heterocycles. The number of primary amides is 1. The van der Waals surface area contributed by atoms with E-state index >= 15 is 0 Å². The zero-order chi connectivity index (χ0) is 12.3. The van der Waals surface area contributed by atoms with E-state index in [2.05, 4.69) is 0 Å². The Morgan fingerprint density at radius 1 is 1.38 bits per heavy atom. The largest absolute Gasteiger partial charge is 0.416 e. The molecule has 0 aliphatic carbocycles. The molecule has 0 heterocycles. The van der Waals surface area contributed by atoms with Crippen LogP contribution in [0.5, 0.6) is 0 Å². The Labute approximate surface area is 94.5 Å². The molecule has 0 bridgehead atoms. The number of nitrogens with two attached hydrogens (primary N) is 1. The van der Waals surface area contributed by atoms with Crippen LogP contribution in [0.2, 0.25) is 5.02 Å². The molecule has 0 atom stereocenters. The molecule has 0 spiro atoms. The molecule has 0 saturated carbocycles. The summed E-state index contributed by atoms with van der Waals surface area (Å²) in [4.78, 5) is 10.4. The van der Waals surface area contributed by atoms with Gasteiger partial charge in [0, 0.05) is 11.1 Å². The molecule has 0 aliphatic rings. The second-order valence-corrected chi connectivity index (χ2v) is 3.38. The van der Waals surface area contributed by atoms with E-state index in [1.165, 1.54) is 0 Å². The van der Waals surface area contributed by atoms with Crippen molar-refractivity contribution >= 4 is 23.6 Å². The van der Waals surface area contributed by atoms with Crippen LogP contribution in [-0.2, 0) is 11.0 Å². The average Bonchev–Trinajstić information content (AvgIpc) is 2.14. The molecule has 0 saturated heterocycles. The van der Waals surface area contributed by atoms with Crippen molar-refractivity contribution in [2.75, 3.05) is 0 Å². The summed E-state index contributed by atoms with van der Waals surface area (Å²) in [6, 6.07) is 2.83. The lowest BCUT2D eigenvalue weighted by Crippen LogP contribution is -2.06. The topological polar surface area (TPSA) is 43.1 Å². The summed E-state index contributed by atoms with van der Waals surface area (Å²) in [6.07, 6.45) is -2.36. The van der Waals surface area contributed by atoms with E-state index < -0.39 is 17.6 Å². The molecule has 1 aromatic carbocycles. The lowest BCUT2D eigenvalue weighted by atomic mass is 10.1. The third-order valence-electron chi connectivity index (χ3n) is 1.75. The minimum atomic E-state index is -4.44. The molecule has 16 heavy (non-hydrogen) atoms. The number of benzene rings is 1. The van der Waals surface area contributed by atoms with Crippen LogP contribution in [0.3, 0.4) is 0 Å². The van der Waals surface area contributed by atoms with Crippen molar-refractivity contribution in [1.82, 2.24) is 0 Å². The molecule has 1 rings (SSSR count). The number of hydrogen-bond donors (Lipinski definition) is 1. The number of amides is 1. The summed E-state index contributed by atoms with van der Waals surface area (Å²) in [6.45, 7) is 0. The predicted octanol–water partition coefficient (Wildman–Crippen LogP) is 2.86. The molecule has 1 amide bonds. The summed E-state index contributed by atoms with van der Waals surface area (Å²) in [5, 5.41) is 0.116. The fourth-order valence-electron chi connectivity index (χ4n) is 1.02. The van der Waals surface area contributed by atoms with Gasteiger partial charge in [-0.15, -0.1) is 0 Å². The van der Waals surface area contributed by atoms with E-state index in [1.54, 1.807) is 0 Å². The van der Waals surface area contributed by atoms with E-state index in [-0.39, 0.29) is 10.6 Å². The Morgan fingerprint density at radius 3 is 2.50 bits per heavy atom. The average molecular weight is 250 g/mol. The SMILES string of the molecule is NC(=O)/C=C/c1cc(C(F)(F)F)ccc1Cl. The molecule has 0 aromatic heterocycles. The van der Waals surface area contributed by atoms with Gasteiger partial charge >= 0.3 is 6.18 Å². The second kappa shape index (κ2) is 4.57. The molecular weight excluding hydrogens is 243 g/mol. The first-order valence-corrected chi connectivity index (χ1v) is 4.53. The first kappa shape index (κ1) is 12.6. The molecule has 86 valence electrons. The maximum Gasteiger partial charge on any atom is 0.416 e. The number of rotatable bonds is 2. The molecule has 6 heteroatoms. The first-order valence-electron chi connectivity index (χ1n) is 4.15. The van der Waals surface area contributed by atoms with Crippen molar-refractivity contribution < 1.29 is 18.0 Å². The van der Waals surface area contributed by atoms with Crippen molar-refractivity contribution in [3.05, 3.63) is 40.4 Å². The monoisotopic (exact) mass is 249 g/mol. The van der Waals surface area contributed by atoms with Gasteiger partial charge in [-0.3, -0.25) is 4.79 Å². The van der Waals surface area contributed by atoms with Crippen molar-refractivity contribution in [3.8, 4) is 0 Å². The summed E-state index contributed by atoms with van der Waals surface area (Å²) in [7, 11) is 0. The Bertz CT molecular complexity index is 440. The summed E-state index contributed by atoms with van der Waals surface area (Å²) in [5.41, 5.74) is 4.08. The van der Waals surface area contributed by atoms with Crippen molar-refractivity contribution in [2.24, 2.45) is 5.73 Å². The number of halogens is 4. The fraction of sp³-hybridized carbons (Fsp3) is 0.100. The van der Waals surface area contributed by atoms with Crippen LogP contribution < -0.4 is 5.73 Å². The Kier molecular flexibility index (Phi) is 3.59. The smallest absolute Gasteiger partial charge is 0.366 e. The molecule has 0 fully saturated rings. The maximum atomic E-state index is 12.3. The third-order valence-corrected chi connectivity index (χ3v) is 2.09. The number of carbonyl (C=O) groups excluding carboxylic acids is 1. The van der Waals surface area contributed by atoms with Crippen LogP contribution in [0.4, 0.5) is 13.2 Å². The highest BCUT2D eigenvalue weighted by molar-refractivity contribution is 6.32. The number of alkyl halides is 3. The lowest BCUT2D eigenvalue weighted by molar-refractivity contribution is -0.137. The minimum absolute atomic E-state index is 0.0929. The normalized spacial score (nSPS) is 12.0. The molecule has 2 nitrogen and oxygen atoms in total.